The molecule has 0 aromatic heterocycles. The Kier molecular flexibility index (Phi) is 10.9. The number of alkyl carbamates (subject to hydrolysis) is 1. The van der Waals surface area contributed by atoms with E-state index in [1.807, 2.05) is 79.8 Å². The number of nitrogens with zero attached hydrogens (tertiary/aromatic N) is 1. The fourth-order valence-corrected chi connectivity index (χ4v) is 4.40. The third-order valence-corrected chi connectivity index (χ3v) is 5.93. The lowest BCUT2D eigenvalue weighted by Crippen LogP contribution is -2.59. The van der Waals surface area contributed by atoms with E-state index in [1.165, 1.54) is 0 Å². The van der Waals surface area contributed by atoms with Crippen molar-refractivity contribution in [2.75, 3.05) is 12.0 Å². The first-order chi connectivity index (χ1) is 16.3. The zero-order valence-corrected chi connectivity index (χ0v) is 25.1. The highest BCUT2D eigenvalue weighted by molar-refractivity contribution is 7.98. The van der Waals surface area contributed by atoms with Crippen LogP contribution in [0.4, 0.5) is 4.79 Å². The summed E-state index contributed by atoms with van der Waals surface area (Å²) in [5, 5.41) is 5.85. The van der Waals surface area contributed by atoms with E-state index in [1.54, 1.807) is 37.4 Å². The van der Waals surface area contributed by atoms with Gasteiger partial charge in [0.1, 0.15) is 17.7 Å². The van der Waals surface area contributed by atoms with Crippen molar-refractivity contribution in [3.63, 3.8) is 0 Å². The summed E-state index contributed by atoms with van der Waals surface area (Å²) in [4.78, 5) is 42.3. The van der Waals surface area contributed by atoms with Gasteiger partial charge in [0.15, 0.2) is 0 Å². The topological polar surface area (TPSA) is 87.7 Å². The van der Waals surface area contributed by atoms with Crippen LogP contribution in [0.1, 0.15) is 91.5 Å². The summed E-state index contributed by atoms with van der Waals surface area (Å²) in [5.41, 5.74) is 0.840. The molecule has 0 saturated carbocycles. The minimum absolute atomic E-state index is 0.265. The van der Waals surface area contributed by atoms with Gasteiger partial charge in [0.25, 0.3) is 0 Å². The average molecular weight is 522 g/mol. The molecular weight excluding hydrogens is 474 g/mol. The summed E-state index contributed by atoms with van der Waals surface area (Å²) in [6.07, 6.45) is 1.70. The zero-order chi connectivity index (χ0) is 28.1. The molecule has 0 fully saturated rings. The van der Waals surface area contributed by atoms with E-state index in [9.17, 15) is 14.4 Å². The number of hydrogen-bond donors (Lipinski definition) is 2. The Morgan fingerprint density at radius 2 is 1.58 bits per heavy atom. The van der Waals surface area contributed by atoms with Crippen molar-refractivity contribution < 1.29 is 19.1 Å². The molecule has 1 aromatic carbocycles. The summed E-state index contributed by atoms with van der Waals surface area (Å²) in [6, 6.07) is 4.16. The second kappa shape index (κ2) is 12.3. The van der Waals surface area contributed by atoms with Gasteiger partial charge in [-0.05, 0) is 106 Å². The molecular formula is C28H47N3O4S. The van der Waals surface area contributed by atoms with Crippen molar-refractivity contribution in [2.24, 2.45) is 0 Å². The molecule has 2 atom stereocenters. The van der Waals surface area contributed by atoms with Gasteiger partial charge in [-0.3, -0.25) is 9.59 Å². The molecule has 2 unspecified atom stereocenters. The number of benzene rings is 1. The molecule has 36 heavy (non-hydrogen) atoms. The number of rotatable bonds is 8. The number of nitrogens with one attached hydrogen (secondary N) is 2. The molecule has 8 heteroatoms. The van der Waals surface area contributed by atoms with E-state index in [0.29, 0.717) is 12.2 Å². The number of thioether (sulfide) groups is 1. The third kappa shape index (κ3) is 10.0. The van der Waals surface area contributed by atoms with Crippen LogP contribution < -0.4 is 10.6 Å². The van der Waals surface area contributed by atoms with Gasteiger partial charge >= 0.3 is 6.09 Å². The highest BCUT2D eigenvalue weighted by Crippen LogP contribution is 2.33. The van der Waals surface area contributed by atoms with Crippen LogP contribution in [-0.2, 0) is 14.3 Å². The van der Waals surface area contributed by atoms with E-state index < -0.39 is 34.9 Å². The van der Waals surface area contributed by atoms with Crippen LogP contribution in [0, 0.1) is 13.8 Å². The lowest BCUT2D eigenvalue weighted by Gasteiger charge is -2.44. The molecule has 1 aromatic rings. The fraction of sp³-hybridized carbons (Fsp3) is 0.679. The number of hydrogen-bond acceptors (Lipinski definition) is 5. The van der Waals surface area contributed by atoms with Gasteiger partial charge in [0.2, 0.25) is 11.8 Å². The van der Waals surface area contributed by atoms with Crippen LogP contribution in [0.3, 0.4) is 0 Å². The predicted octanol–water partition coefficient (Wildman–Crippen LogP) is 5.53. The number of carbonyl (C=O) groups excluding carboxylic acids is 3. The second-order valence-electron chi connectivity index (χ2n) is 12.4. The molecule has 0 aliphatic rings. The minimum atomic E-state index is -0.880. The maximum atomic E-state index is 14.2. The van der Waals surface area contributed by atoms with Crippen LogP contribution in [0.25, 0.3) is 0 Å². The largest absolute Gasteiger partial charge is 0.444 e. The van der Waals surface area contributed by atoms with Gasteiger partial charge in [0.05, 0.1) is 0 Å². The monoisotopic (exact) mass is 521 g/mol. The SMILES string of the molecule is CSCCC(NC(=O)OC(C)(C)C)C(=O)N(C(C(=O)NC(C)(C)C)c1ccc(C)cc1C)C(C)(C)C. The second-order valence-corrected chi connectivity index (χ2v) is 13.3. The number of amides is 3. The first kappa shape index (κ1) is 31.8. The Bertz CT molecular complexity index is 926. The van der Waals surface area contributed by atoms with Crippen molar-refractivity contribution in [3.8, 4) is 0 Å². The van der Waals surface area contributed by atoms with Crippen LogP contribution in [0.15, 0.2) is 18.2 Å². The minimum Gasteiger partial charge on any atom is -0.444 e. The highest BCUT2D eigenvalue weighted by Gasteiger charge is 2.42. The zero-order valence-electron chi connectivity index (χ0n) is 24.3. The summed E-state index contributed by atoms with van der Waals surface area (Å²) in [7, 11) is 0. The van der Waals surface area contributed by atoms with Crippen molar-refractivity contribution in [2.45, 2.75) is 111 Å². The van der Waals surface area contributed by atoms with Gasteiger partial charge < -0.3 is 20.3 Å². The lowest BCUT2D eigenvalue weighted by atomic mass is 9.91. The van der Waals surface area contributed by atoms with Crippen LogP contribution in [0.2, 0.25) is 0 Å². The number of aryl methyl sites for hydroxylation is 2. The molecule has 0 radical (unpaired) electrons. The van der Waals surface area contributed by atoms with E-state index >= 15 is 0 Å². The van der Waals surface area contributed by atoms with Crippen molar-refractivity contribution >= 4 is 29.7 Å². The van der Waals surface area contributed by atoms with Gasteiger partial charge in [0, 0.05) is 11.1 Å². The molecule has 0 saturated heterocycles. The molecule has 2 N–H and O–H groups in total. The number of carbonyl (C=O) groups is 3. The first-order valence-corrected chi connectivity index (χ1v) is 13.9. The summed E-state index contributed by atoms with van der Waals surface area (Å²) < 4.78 is 5.45. The summed E-state index contributed by atoms with van der Waals surface area (Å²) in [5.74, 6) is 0.0714. The van der Waals surface area contributed by atoms with E-state index in [2.05, 4.69) is 10.6 Å². The van der Waals surface area contributed by atoms with Crippen molar-refractivity contribution in [1.82, 2.24) is 15.5 Å². The molecule has 1 rings (SSSR count). The Labute approximate surface area is 222 Å². The fourth-order valence-electron chi connectivity index (χ4n) is 3.92. The molecule has 0 bridgehead atoms. The average Bonchev–Trinajstić information content (AvgIpc) is 2.65. The van der Waals surface area contributed by atoms with Crippen LogP contribution >= 0.6 is 11.8 Å². The third-order valence-electron chi connectivity index (χ3n) is 5.28. The quantitative estimate of drug-likeness (QED) is 0.469. The summed E-state index contributed by atoms with van der Waals surface area (Å²) >= 11 is 1.59. The Morgan fingerprint density at radius 3 is 2.03 bits per heavy atom. The van der Waals surface area contributed by atoms with Gasteiger partial charge in [-0.1, -0.05) is 23.8 Å². The predicted molar refractivity (Wildman–Crippen MR) is 149 cm³/mol. The van der Waals surface area contributed by atoms with Crippen LogP contribution in [0.5, 0.6) is 0 Å². The maximum Gasteiger partial charge on any atom is 0.408 e. The maximum absolute atomic E-state index is 14.2. The van der Waals surface area contributed by atoms with Gasteiger partial charge in [-0.25, -0.2) is 4.79 Å². The standard InChI is InChI=1S/C28H47N3O4S/c1-18-13-14-20(19(2)17-18)22(23(32)30-26(3,4)5)31(27(6,7)8)24(33)21(15-16-36-12)29-25(34)35-28(9,10)11/h13-14,17,21-22H,15-16H2,1-12H3,(H,29,34)(H,30,32). The molecule has 204 valence electrons. The van der Waals surface area contributed by atoms with Gasteiger partial charge in [-0.2, -0.15) is 11.8 Å². The molecule has 7 nitrogen and oxygen atoms in total. The number of ether oxygens (including phenoxy) is 1. The first-order valence-electron chi connectivity index (χ1n) is 12.5. The Balaban J connectivity index is 3.64. The molecule has 0 spiro atoms. The van der Waals surface area contributed by atoms with Crippen LogP contribution in [-0.4, -0.2) is 57.5 Å². The van der Waals surface area contributed by atoms with E-state index in [0.717, 1.165) is 16.7 Å². The lowest BCUT2D eigenvalue weighted by molar-refractivity contribution is -0.149. The normalized spacial score (nSPS) is 14.0. The van der Waals surface area contributed by atoms with E-state index in [4.69, 9.17) is 4.74 Å². The molecule has 3 amide bonds. The summed E-state index contributed by atoms with van der Waals surface area (Å²) in [6.45, 7) is 20.8. The van der Waals surface area contributed by atoms with Crippen molar-refractivity contribution in [1.29, 1.82) is 0 Å². The Hall–Kier alpha value is -2.22. The molecule has 0 aliphatic carbocycles. The van der Waals surface area contributed by atoms with Crippen molar-refractivity contribution in [3.05, 3.63) is 34.9 Å². The van der Waals surface area contributed by atoms with E-state index in [-0.39, 0.29) is 11.8 Å². The van der Waals surface area contributed by atoms with Gasteiger partial charge in [-0.15, -0.1) is 0 Å². The molecule has 0 aliphatic heterocycles. The highest BCUT2D eigenvalue weighted by atomic mass is 32.2. The smallest absolute Gasteiger partial charge is 0.408 e. The molecule has 0 heterocycles. The Morgan fingerprint density at radius 1 is 1.00 bits per heavy atom.